The maximum Gasteiger partial charge on any atom is 0.208 e. The molecule has 5 heteroatoms. The Hall–Kier alpha value is -2.69. The van der Waals surface area contributed by atoms with Crippen molar-refractivity contribution in [1.29, 1.82) is 0 Å². The Morgan fingerprint density at radius 2 is 1.85 bits per heavy atom. The van der Waals surface area contributed by atoms with Crippen LogP contribution in [-0.4, -0.2) is 17.3 Å². The molecule has 1 aromatic heterocycles. The summed E-state index contributed by atoms with van der Waals surface area (Å²) in [7, 11) is 1.45. The zero-order valence-electron chi connectivity index (χ0n) is 10.9. The third-order valence-corrected chi connectivity index (χ3v) is 3.21. The summed E-state index contributed by atoms with van der Waals surface area (Å²) in [6.07, 6.45) is 0. The van der Waals surface area contributed by atoms with Gasteiger partial charge in [-0.05, 0) is 36.8 Å². The SMILES string of the molecule is COc1ccc(O)c2c(=O)c3c(O)cc(C)cc3oc12. The van der Waals surface area contributed by atoms with Crippen LogP contribution in [0.1, 0.15) is 5.56 Å². The number of phenols is 2. The quantitative estimate of drug-likeness (QED) is 0.666. The van der Waals surface area contributed by atoms with Gasteiger partial charge in [-0.2, -0.15) is 0 Å². The first-order valence-electron chi connectivity index (χ1n) is 5.99. The number of ether oxygens (including phenoxy) is 1. The van der Waals surface area contributed by atoms with E-state index in [-0.39, 0.29) is 33.4 Å². The monoisotopic (exact) mass is 272 g/mol. The molecule has 102 valence electrons. The van der Waals surface area contributed by atoms with Gasteiger partial charge < -0.3 is 19.4 Å². The van der Waals surface area contributed by atoms with Crippen molar-refractivity contribution < 1.29 is 19.4 Å². The highest BCUT2D eigenvalue weighted by atomic mass is 16.5. The molecule has 3 rings (SSSR count). The van der Waals surface area contributed by atoms with Crippen molar-refractivity contribution in [1.82, 2.24) is 0 Å². The van der Waals surface area contributed by atoms with Gasteiger partial charge in [-0.15, -0.1) is 0 Å². The van der Waals surface area contributed by atoms with Crippen molar-refractivity contribution in [2.24, 2.45) is 0 Å². The number of hydrogen-bond donors (Lipinski definition) is 2. The minimum atomic E-state index is -0.491. The normalized spacial score (nSPS) is 11.1. The highest BCUT2D eigenvalue weighted by Crippen LogP contribution is 2.34. The summed E-state index contributed by atoms with van der Waals surface area (Å²) in [5.74, 6) is -0.0351. The second-order valence-electron chi connectivity index (χ2n) is 4.58. The number of benzene rings is 2. The van der Waals surface area contributed by atoms with Crippen LogP contribution in [0.4, 0.5) is 0 Å². The van der Waals surface area contributed by atoms with E-state index < -0.39 is 5.43 Å². The summed E-state index contributed by atoms with van der Waals surface area (Å²) < 4.78 is 10.8. The Balaban J connectivity index is 2.64. The van der Waals surface area contributed by atoms with Crippen molar-refractivity contribution >= 4 is 21.9 Å². The number of fused-ring (bicyclic) bond motifs is 2. The summed E-state index contributed by atoms with van der Waals surface area (Å²) in [6.45, 7) is 1.78. The molecule has 5 nitrogen and oxygen atoms in total. The predicted octanol–water partition coefficient (Wildman–Crippen LogP) is 2.67. The van der Waals surface area contributed by atoms with Crippen molar-refractivity contribution in [2.75, 3.05) is 7.11 Å². The topological polar surface area (TPSA) is 79.9 Å². The number of methoxy groups -OCH3 is 1. The van der Waals surface area contributed by atoms with E-state index in [1.54, 1.807) is 13.0 Å². The zero-order valence-corrected chi connectivity index (χ0v) is 10.9. The van der Waals surface area contributed by atoms with Gasteiger partial charge in [0.15, 0.2) is 11.3 Å². The molecule has 0 aliphatic rings. The van der Waals surface area contributed by atoms with Crippen molar-refractivity contribution in [2.45, 2.75) is 6.92 Å². The van der Waals surface area contributed by atoms with Gasteiger partial charge in [0.1, 0.15) is 27.9 Å². The fourth-order valence-electron chi connectivity index (χ4n) is 2.31. The van der Waals surface area contributed by atoms with Gasteiger partial charge in [0.25, 0.3) is 0 Å². The summed E-state index contributed by atoms with van der Waals surface area (Å²) in [5, 5.41) is 19.9. The fraction of sp³-hybridized carbons (Fsp3) is 0.133. The second-order valence-corrected chi connectivity index (χ2v) is 4.58. The van der Waals surface area contributed by atoms with Gasteiger partial charge in [-0.3, -0.25) is 4.79 Å². The number of hydrogen-bond acceptors (Lipinski definition) is 5. The van der Waals surface area contributed by atoms with E-state index in [4.69, 9.17) is 9.15 Å². The zero-order chi connectivity index (χ0) is 14.4. The molecule has 0 radical (unpaired) electrons. The second kappa shape index (κ2) is 4.16. The van der Waals surface area contributed by atoms with Crippen molar-refractivity contribution in [3.8, 4) is 17.2 Å². The molecule has 2 aromatic carbocycles. The van der Waals surface area contributed by atoms with Crippen LogP contribution in [0, 0.1) is 6.92 Å². The molecule has 0 saturated heterocycles. The molecule has 1 heterocycles. The minimum Gasteiger partial charge on any atom is -0.507 e. The lowest BCUT2D eigenvalue weighted by Gasteiger charge is -2.08. The molecule has 2 N–H and O–H groups in total. The summed E-state index contributed by atoms with van der Waals surface area (Å²) in [4.78, 5) is 12.5. The first kappa shape index (κ1) is 12.3. The lowest BCUT2D eigenvalue weighted by atomic mass is 10.1. The van der Waals surface area contributed by atoms with Crippen LogP contribution in [0.2, 0.25) is 0 Å². The Morgan fingerprint density at radius 1 is 1.10 bits per heavy atom. The lowest BCUT2D eigenvalue weighted by molar-refractivity contribution is 0.409. The molecule has 0 saturated carbocycles. The van der Waals surface area contributed by atoms with Crippen molar-refractivity contribution in [3.05, 3.63) is 40.1 Å². The summed E-state index contributed by atoms with van der Waals surface area (Å²) in [5.41, 5.74) is 0.686. The largest absolute Gasteiger partial charge is 0.507 e. The van der Waals surface area contributed by atoms with Gasteiger partial charge in [0.2, 0.25) is 5.43 Å². The van der Waals surface area contributed by atoms with Crippen LogP contribution < -0.4 is 10.2 Å². The molecule has 0 bridgehead atoms. The summed E-state index contributed by atoms with van der Waals surface area (Å²) >= 11 is 0. The van der Waals surface area contributed by atoms with E-state index in [0.717, 1.165) is 5.56 Å². The predicted molar refractivity (Wildman–Crippen MR) is 74.6 cm³/mol. The molecule has 0 aliphatic heterocycles. The van der Waals surface area contributed by atoms with Crippen LogP contribution >= 0.6 is 0 Å². The smallest absolute Gasteiger partial charge is 0.208 e. The third kappa shape index (κ3) is 1.60. The summed E-state index contributed by atoms with van der Waals surface area (Å²) in [6, 6.07) is 6.00. The molecule has 0 amide bonds. The Kier molecular flexibility index (Phi) is 2.57. The lowest BCUT2D eigenvalue weighted by Crippen LogP contribution is -2.04. The molecular weight excluding hydrogens is 260 g/mol. The minimum absolute atomic E-state index is 0.00370. The standard InChI is InChI=1S/C15H12O5/c1-7-5-9(17)12-11(6-7)20-15-10(19-2)4-3-8(16)13(15)14(12)18/h3-6,16-17H,1-2H3. The van der Waals surface area contributed by atoms with Gasteiger partial charge in [0.05, 0.1) is 7.11 Å². The molecule has 0 atom stereocenters. The number of aryl methyl sites for hydroxylation is 1. The van der Waals surface area contributed by atoms with Crippen LogP contribution in [0.15, 0.2) is 33.5 Å². The first-order valence-corrected chi connectivity index (χ1v) is 5.99. The maximum atomic E-state index is 12.5. The van der Waals surface area contributed by atoms with Gasteiger partial charge in [0, 0.05) is 0 Å². The molecule has 0 aliphatic carbocycles. The van der Waals surface area contributed by atoms with E-state index in [1.165, 1.54) is 25.3 Å². The molecule has 20 heavy (non-hydrogen) atoms. The number of aromatic hydroxyl groups is 2. The Bertz CT molecular complexity index is 892. The van der Waals surface area contributed by atoms with Gasteiger partial charge in [-0.1, -0.05) is 0 Å². The van der Waals surface area contributed by atoms with E-state index in [2.05, 4.69) is 0 Å². The molecular formula is C15H12O5. The molecule has 0 spiro atoms. The number of rotatable bonds is 1. The number of phenolic OH excluding ortho intramolecular Hbond substituents is 2. The fourth-order valence-corrected chi connectivity index (χ4v) is 2.31. The van der Waals surface area contributed by atoms with E-state index >= 15 is 0 Å². The van der Waals surface area contributed by atoms with Crippen LogP contribution in [0.5, 0.6) is 17.2 Å². The maximum absolute atomic E-state index is 12.5. The Morgan fingerprint density at radius 3 is 2.55 bits per heavy atom. The molecule has 0 fully saturated rings. The van der Waals surface area contributed by atoms with E-state index in [1.807, 2.05) is 0 Å². The average Bonchev–Trinajstić information content (AvgIpc) is 2.37. The molecule has 3 aromatic rings. The van der Waals surface area contributed by atoms with Gasteiger partial charge in [-0.25, -0.2) is 0 Å². The first-order chi connectivity index (χ1) is 9.52. The van der Waals surface area contributed by atoms with E-state index in [9.17, 15) is 15.0 Å². The highest BCUT2D eigenvalue weighted by molar-refractivity contribution is 5.98. The average molecular weight is 272 g/mol. The van der Waals surface area contributed by atoms with Crippen LogP contribution in [-0.2, 0) is 0 Å². The van der Waals surface area contributed by atoms with Gasteiger partial charge >= 0.3 is 0 Å². The van der Waals surface area contributed by atoms with Crippen LogP contribution in [0.3, 0.4) is 0 Å². The molecule has 0 unspecified atom stereocenters. The van der Waals surface area contributed by atoms with Crippen molar-refractivity contribution in [3.63, 3.8) is 0 Å². The van der Waals surface area contributed by atoms with E-state index in [0.29, 0.717) is 5.75 Å². The highest BCUT2D eigenvalue weighted by Gasteiger charge is 2.17. The Labute approximate surface area is 113 Å². The van der Waals surface area contributed by atoms with Crippen LogP contribution in [0.25, 0.3) is 21.9 Å². The third-order valence-electron chi connectivity index (χ3n) is 3.21.